The van der Waals surface area contributed by atoms with Crippen LogP contribution in [0.25, 0.3) is 0 Å². The highest BCUT2D eigenvalue weighted by Crippen LogP contribution is 2.22. The standard InChI is InChI=1S/C12H27P/c1-4-6-8-11(3)10-12(13)9-7-5-2/h11-12H,4-10,13H2,1-3H3. The molecule has 0 aromatic heterocycles. The van der Waals surface area contributed by atoms with Gasteiger partial charge in [-0.3, -0.25) is 0 Å². The van der Waals surface area contributed by atoms with E-state index in [4.69, 9.17) is 0 Å². The van der Waals surface area contributed by atoms with Gasteiger partial charge in [-0.05, 0) is 24.4 Å². The molecule has 0 heterocycles. The summed E-state index contributed by atoms with van der Waals surface area (Å²) in [4.78, 5) is 0. The Morgan fingerprint density at radius 2 is 1.54 bits per heavy atom. The quantitative estimate of drug-likeness (QED) is 0.503. The van der Waals surface area contributed by atoms with E-state index in [9.17, 15) is 0 Å². The minimum Gasteiger partial charge on any atom is -0.134 e. The Morgan fingerprint density at radius 1 is 1.00 bits per heavy atom. The second kappa shape index (κ2) is 9.00. The third-order valence-corrected chi connectivity index (χ3v) is 3.29. The van der Waals surface area contributed by atoms with E-state index in [1.54, 1.807) is 0 Å². The zero-order valence-electron chi connectivity index (χ0n) is 9.68. The Bertz CT molecular complexity index is 89.3. The predicted molar refractivity (Wildman–Crippen MR) is 66.3 cm³/mol. The summed E-state index contributed by atoms with van der Waals surface area (Å²) in [6, 6.07) is 0. The Hall–Kier alpha value is 0.430. The van der Waals surface area contributed by atoms with Gasteiger partial charge in [-0.2, -0.15) is 0 Å². The van der Waals surface area contributed by atoms with Crippen molar-refractivity contribution in [2.45, 2.75) is 71.4 Å². The molecule has 0 aromatic rings. The summed E-state index contributed by atoms with van der Waals surface area (Å²) in [5, 5.41) is 0. The number of rotatable bonds is 8. The van der Waals surface area contributed by atoms with E-state index in [-0.39, 0.29) is 0 Å². The number of hydrogen-bond donors (Lipinski definition) is 0. The van der Waals surface area contributed by atoms with Crippen LogP contribution in [0, 0.1) is 5.92 Å². The van der Waals surface area contributed by atoms with Gasteiger partial charge in [0.2, 0.25) is 0 Å². The highest BCUT2D eigenvalue weighted by molar-refractivity contribution is 7.17. The molecule has 0 spiro atoms. The van der Waals surface area contributed by atoms with Crippen molar-refractivity contribution in [2.75, 3.05) is 0 Å². The van der Waals surface area contributed by atoms with Gasteiger partial charge in [-0.25, -0.2) is 0 Å². The van der Waals surface area contributed by atoms with Crippen LogP contribution in [-0.4, -0.2) is 5.66 Å². The number of hydrogen-bond acceptors (Lipinski definition) is 0. The highest BCUT2D eigenvalue weighted by Gasteiger charge is 2.07. The summed E-state index contributed by atoms with van der Waals surface area (Å²) in [6.45, 7) is 6.96. The van der Waals surface area contributed by atoms with Gasteiger partial charge in [0, 0.05) is 0 Å². The predicted octanol–water partition coefficient (Wildman–Crippen LogP) is 4.64. The van der Waals surface area contributed by atoms with Crippen molar-refractivity contribution in [1.82, 2.24) is 0 Å². The van der Waals surface area contributed by atoms with E-state index in [1.165, 1.54) is 44.9 Å². The van der Waals surface area contributed by atoms with E-state index in [0.717, 1.165) is 11.6 Å². The van der Waals surface area contributed by atoms with E-state index < -0.39 is 0 Å². The van der Waals surface area contributed by atoms with Crippen LogP contribution in [0.2, 0.25) is 0 Å². The highest BCUT2D eigenvalue weighted by atomic mass is 31.0. The van der Waals surface area contributed by atoms with Crippen molar-refractivity contribution in [2.24, 2.45) is 5.92 Å². The Morgan fingerprint density at radius 3 is 2.08 bits per heavy atom. The molecular formula is C12H27P. The summed E-state index contributed by atoms with van der Waals surface area (Å²) >= 11 is 0. The zero-order chi connectivity index (χ0) is 10.1. The third kappa shape index (κ3) is 8.75. The molecule has 13 heavy (non-hydrogen) atoms. The fraction of sp³-hybridized carbons (Fsp3) is 1.00. The summed E-state index contributed by atoms with van der Waals surface area (Å²) < 4.78 is 0. The van der Waals surface area contributed by atoms with Crippen molar-refractivity contribution >= 4 is 9.24 Å². The van der Waals surface area contributed by atoms with Gasteiger partial charge in [0.25, 0.3) is 0 Å². The molecule has 0 N–H and O–H groups in total. The Balaban J connectivity index is 3.35. The largest absolute Gasteiger partial charge is 0.134 e. The summed E-state index contributed by atoms with van der Waals surface area (Å²) in [5.41, 5.74) is 0.867. The van der Waals surface area contributed by atoms with Crippen molar-refractivity contribution in [3.8, 4) is 0 Å². The van der Waals surface area contributed by atoms with Gasteiger partial charge in [0.15, 0.2) is 0 Å². The van der Waals surface area contributed by atoms with Crippen LogP contribution < -0.4 is 0 Å². The molecule has 80 valence electrons. The molecule has 0 aliphatic rings. The average Bonchev–Trinajstić information content (AvgIpc) is 2.11. The monoisotopic (exact) mass is 202 g/mol. The lowest BCUT2D eigenvalue weighted by molar-refractivity contribution is 0.451. The molecule has 0 amide bonds. The molecule has 0 aromatic carbocycles. The molecular weight excluding hydrogens is 175 g/mol. The van der Waals surface area contributed by atoms with Crippen LogP contribution in [0.1, 0.15) is 65.7 Å². The van der Waals surface area contributed by atoms with Crippen LogP contribution >= 0.6 is 9.24 Å². The fourth-order valence-corrected chi connectivity index (χ4v) is 2.47. The third-order valence-electron chi connectivity index (χ3n) is 2.68. The van der Waals surface area contributed by atoms with Crippen molar-refractivity contribution < 1.29 is 0 Å². The lowest BCUT2D eigenvalue weighted by atomic mass is 9.97. The number of unbranched alkanes of at least 4 members (excludes halogenated alkanes) is 2. The normalized spacial score (nSPS) is 15.7. The molecule has 0 nitrogen and oxygen atoms in total. The van der Waals surface area contributed by atoms with Gasteiger partial charge in [-0.1, -0.05) is 52.9 Å². The maximum absolute atomic E-state index is 3.02. The van der Waals surface area contributed by atoms with Crippen molar-refractivity contribution in [1.29, 1.82) is 0 Å². The molecule has 3 unspecified atom stereocenters. The maximum atomic E-state index is 3.02. The SMILES string of the molecule is CCCCC(C)CC(P)CCCC. The van der Waals surface area contributed by atoms with Crippen molar-refractivity contribution in [3.63, 3.8) is 0 Å². The topological polar surface area (TPSA) is 0 Å². The molecule has 3 atom stereocenters. The molecule has 0 aliphatic carbocycles. The molecule has 1 heteroatoms. The van der Waals surface area contributed by atoms with Crippen LogP contribution in [0.15, 0.2) is 0 Å². The van der Waals surface area contributed by atoms with Crippen LogP contribution in [0.5, 0.6) is 0 Å². The average molecular weight is 202 g/mol. The lowest BCUT2D eigenvalue weighted by Gasteiger charge is -2.16. The second-order valence-corrected chi connectivity index (χ2v) is 5.33. The molecule has 0 aliphatic heterocycles. The maximum Gasteiger partial charge on any atom is -0.0262 e. The first-order valence-electron chi connectivity index (χ1n) is 5.96. The molecule has 0 rings (SSSR count). The Labute approximate surface area is 87.1 Å². The van der Waals surface area contributed by atoms with Gasteiger partial charge >= 0.3 is 0 Å². The van der Waals surface area contributed by atoms with E-state index in [0.29, 0.717) is 0 Å². The summed E-state index contributed by atoms with van der Waals surface area (Å²) in [5.74, 6) is 0.930. The van der Waals surface area contributed by atoms with Crippen LogP contribution in [0.4, 0.5) is 0 Å². The summed E-state index contributed by atoms with van der Waals surface area (Å²) in [7, 11) is 3.02. The first-order chi connectivity index (χ1) is 6.20. The van der Waals surface area contributed by atoms with Gasteiger partial charge in [0.1, 0.15) is 0 Å². The smallest absolute Gasteiger partial charge is 0.0262 e. The minimum absolute atomic E-state index is 0.867. The molecule has 0 saturated carbocycles. The fourth-order valence-electron chi connectivity index (χ4n) is 1.77. The summed E-state index contributed by atoms with van der Waals surface area (Å²) in [6.07, 6.45) is 9.73. The molecule has 0 saturated heterocycles. The van der Waals surface area contributed by atoms with Gasteiger partial charge in [0.05, 0.1) is 0 Å². The minimum atomic E-state index is 0.867. The van der Waals surface area contributed by atoms with Gasteiger partial charge in [-0.15, -0.1) is 9.24 Å². The van der Waals surface area contributed by atoms with Crippen LogP contribution in [0.3, 0.4) is 0 Å². The molecule has 0 bridgehead atoms. The van der Waals surface area contributed by atoms with E-state index in [1.807, 2.05) is 0 Å². The molecule has 0 fully saturated rings. The van der Waals surface area contributed by atoms with E-state index >= 15 is 0 Å². The first-order valence-corrected chi connectivity index (χ1v) is 6.62. The molecule has 0 radical (unpaired) electrons. The Kier molecular flexibility index (Phi) is 9.30. The zero-order valence-corrected chi connectivity index (χ0v) is 10.8. The first kappa shape index (κ1) is 13.4. The van der Waals surface area contributed by atoms with Crippen molar-refractivity contribution in [3.05, 3.63) is 0 Å². The second-order valence-electron chi connectivity index (χ2n) is 4.39. The van der Waals surface area contributed by atoms with Gasteiger partial charge < -0.3 is 0 Å². The van der Waals surface area contributed by atoms with E-state index in [2.05, 4.69) is 30.0 Å². The lowest BCUT2D eigenvalue weighted by Crippen LogP contribution is -2.05. The van der Waals surface area contributed by atoms with Crippen LogP contribution in [-0.2, 0) is 0 Å².